The van der Waals surface area contributed by atoms with Gasteiger partial charge in [-0.25, -0.2) is 4.98 Å². The smallest absolute Gasteiger partial charge is 0.257 e. The van der Waals surface area contributed by atoms with Crippen LogP contribution in [0.3, 0.4) is 0 Å². The molecule has 1 amide bonds. The Hall–Kier alpha value is -1.58. The molecule has 1 aromatic heterocycles. The predicted molar refractivity (Wildman–Crippen MR) is 81.9 cm³/mol. The van der Waals surface area contributed by atoms with Crippen molar-refractivity contribution in [3.8, 4) is 0 Å². The third-order valence-electron chi connectivity index (χ3n) is 3.86. The molecule has 0 aliphatic heterocycles. The molecule has 1 aliphatic rings. The van der Waals surface area contributed by atoms with Crippen LogP contribution in [0.1, 0.15) is 49.9 Å². The minimum Gasteiger partial charge on any atom is -0.372 e. The molecule has 0 spiro atoms. The average Bonchev–Trinajstić information content (AvgIpc) is 2.97. The van der Waals surface area contributed by atoms with Crippen molar-refractivity contribution < 1.29 is 4.79 Å². The zero-order valence-electron chi connectivity index (χ0n) is 12.7. The van der Waals surface area contributed by atoms with Gasteiger partial charge in [-0.3, -0.25) is 4.79 Å². The summed E-state index contributed by atoms with van der Waals surface area (Å²) in [4.78, 5) is 19.2. The number of amides is 1. The standard InChI is InChI=1S/C16H25N3O/c1-12(2)11-19(13-7-4-5-8-13)16(20)14-9-6-10-18-15(14)17-3/h6,9-10,12-13H,4-5,7-8,11H2,1-3H3,(H,17,18). The third kappa shape index (κ3) is 3.30. The predicted octanol–water partition coefficient (Wildman–Crippen LogP) is 3.16. The second-order valence-corrected chi connectivity index (χ2v) is 5.94. The minimum absolute atomic E-state index is 0.114. The minimum atomic E-state index is 0.114. The Kier molecular flexibility index (Phi) is 4.99. The molecule has 0 radical (unpaired) electrons. The summed E-state index contributed by atoms with van der Waals surface area (Å²) in [6, 6.07) is 4.09. The van der Waals surface area contributed by atoms with Crippen molar-refractivity contribution in [1.29, 1.82) is 0 Å². The summed E-state index contributed by atoms with van der Waals surface area (Å²) in [7, 11) is 1.81. The van der Waals surface area contributed by atoms with Gasteiger partial charge in [-0.15, -0.1) is 0 Å². The molecule has 2 rings (SSSR count). The van der Waals surface area contributed by atoms with Crippen LogP contribution in [0.4, 0.5) is 5.82 Å². The molecule has 0 atom stereocenters. The van der Waals surface area contributed by atoms with Crippen LogP contribution in [0.15, 0.2) is 18.3 Å². The van der Waals surface area contributed by atoms with Gasteiger partial charge in [0.05, 0.1) is 5.56 Å². The Morgan fingerprint density at radius 2 is 2.15 bits per heavy atom. The molecule has 0 unspecified atom stereocenters. The highest BCUT2D eigenvalue weighted by Crippen LogP contribution is 2.26. The zero-order valence-corrected chi connectivity index (χ0v) is 12.7. The molecule has 110 valence electrons. The first-order chi connectivity index (χ1) is 9.63. The molecular weight excluding hydrogens is 250 g/mol. The van der Waals surface area contributed by atoms with E-state index >= 15 is 0 Å². The topological polar surface area (TPSA) is 45.2 Å². The molecule has 0 aromatic carbocycles. The van der Waals surface area contributed by atoms with Crippen LogP contribution < -0.4 is 5.32 Å². The van der Waals surface area contributed by atoms with E-state index in [0.717, 1.165) is 19.4 Å². The maximum atomic E-state index is 12.9. The van der Waals surface area contributed by atoms with Gasteiger partial charge < -0.3 is 10.2 Å². The number of aromatic nitrogens is 1. The van der Waals surface area contributed by atoms with E-state index in [0.29, 0.717) is 23.3 Å². The highest BCUT2D eigenvalue weighted by atomic mass is 16.2. The lowest BCUT2D eigenvalue weighted by atomic mass is 10.1. The summed E-state index contributed by atoms with van der Waals surface area (Å²) in [5.41, 5.74) is 0.683. The number of pyridine rings is 1. The summed E-state index contributed by atoms with van der Waals surface area (Å²) < 4.78 is 0. The van der Waals surface area contributed by atoms with Crippen molar-refractivity contribution in [2.24, 2.45) is 5.92 Å². The Morgan fingerprint density at radius 1 is 1.45 bits per heavy atom. The number of rotatable bonds is 5. The van der Waals surface area contributed by atoms with Gasteiger partial charge in [-0.05, 0) is 30.9 Å². The second kappa shape index (κ2) is 6.73. The summed E-state index contributed by atoms with van der Waals surface area (Å²) in [6.45, 7) is 5.15. The normalized spacial score (nSPS) is 15.6. The van der Waals surface area contributed by atoms with Crippen LogP contribution in [0, 0.1) is 5.92 Å². The number of nitrogens with zero attached hydrogens (tertiary/aromatic N) is 2. The first-order valence-corrected chi connectivity index (χ1v) is 7.57. The summed E-state index contributed by atoms with van der Waals surface area (Å²) >= 11 is 0. The number of carbonyl (C=O) groups excluding carboxylic acids is 1. The van der Waals surface area contributed by atoms with E-state index in [1.54, 1.807) is 6.20 Å². The molecule has 1 aromatic rings. The second-order valence-electron chi connectivity index (χ2n) is 5.94. The van der Waals surface area contributed by atoms with E-state index in [9.17, 15) is 4.79 Å². The SMILES string of the molecule is CNc1ncccc1C(=O)N(CC(C)C)C1CCCC1. The van der Waals surface area contributed by atoms with Gasteiger partial charge in [0.15, 0.2) is 0 Å². The van der Waals surface area contributed by atoms with E-state index in [1.165, 1.54) is 12.8 Å². The fourth-order valence-electron chi connectivity index (χ4n) is 2.94. The van der Waals surface area contributed by atoms with E-state index in [2.05, 4.69) is 29.0 Å². The Morgan fingerprint density at radius 3 is 2.75 bits per heavy atom. The molecule has 1 fully saturated rings. The van der Waals surface area contributed by atoms with Crippen molar-refractivity contribution in [2.75, 3.05) is 18.9 Å². The van der Waals surface area contributed by atoms with E-state index in [1.807, 2.05) is 19.2 Å². The number of hydrogen-bond acceptors (Lipinski definition) is 3. The Balaban J connectivity index is 2.25. The number of anilines is 1. The fourth-order valence-corrected chi connectivity index (χ4v) is 2.94. The lowest BCUT2D eigenvalue weighted by Crippen LogP contribution is -2.41. The average molecular weight is 275 g/mol. The van der Waals surface area contributed by atoms with Crippen molar-refractivity contribution in [3.63, 3.8) is 0 Å². The Labute approximate surface area is 121 Å². The molecule has 4 nitrogen and oxygen atoms in total. The third-order valence-corrected chi connectivity index (χ3v) is 3.86. The quantitative estimate of drug-likeness (QED) is 0.897. The van der Waals surface area contributed by atoms with Crippen LogP contribution in [-0.2, 0) is 0 Å². The molecular formula is C16H25N3O. The highest BCUT2D eigenvalue weighted by Gasteiger charge is 2.29. The molecule has 1 aliphatic carbocycles. The van der Waals surface area contributed by atoms with E-state index < -0.39 is 0 Å². The lowest BCUT2D eigenvalue weighted by molar-refractivity contribution is 0.0656. The van der Waals surface area contributed by atoms with Gasteiger partial charge in [-0.2, -0.15) is 0 Å². The molecule has 4 heteroatoms. The molecule has 0 saturated heterocycles. The number of nitrogens with one attached hydrogen (secondary N) is 1. The highest BCUT2D eigenvalue weighted by molar-refractivity contribution is 5.98. The van der Waals surface area contributed by atoms with Crippen LogP contribution in [0.5, 0.6) is 0 Å². The molecule has 1 saturated carbocycles. The summed E-state index contributed by atoms with van der Waals surface area (Å²) in [5.74, 6) is 1.27. The summed E-state index contributed by atoms with van der Waals surface area (Å²) in [5, 5.41) is 3.02. The van der Waals surface area contributed by atoms with Gasteiger partial charge in [0.2, 0.25) is 0 Å². The van der Waals surface area contributed by atoms with E-state index in [-0.39, 0.29) is 5.91 Å². The molecule has 0 bridgehead atoms. The van der Waals surface area contributed by atoms with Crippen molar-refractivity contribution >= 4 is 11.7 Å². The molecule has 1 N–H and O–H groups in total. The van der Waals surface area contributed by atoms with Gasteiger partial charge >= 0.3 is 0 Å². The molecule has 20 heavy (non-hydrogen) atoms. The number of hydrogen-bond donors (Lipinski definition) is 1. The van der Waals surface area contributed by atoms with Crippen molar-refractivity contribution in [3.05, 3.63) is 23.9 Å². The fraction of sp³-hybridized carbons (Fsp3) is 0.625. The summed E-state index contributed by atoms with van der Waals surface area (Å²) in [6.07, 6.45) is 6.45. The largest absolute Gasteiger partial charge is 0.372 e. The van der Waals surface area contributed by atoms with Crippen LogP contribution >= 0.6 is 0 Å². The van der Waals surface area contributed by atoms with Crippen molar-refractivity contribution in [1.82, 2.24) is 9.88 Å². The first-order valence-electron chi connectivity index (χ1n) is 7.57. The maximum Gasteiger partial charge on any atom is 0.257 e. The van der Waals surface area contributed by atoms with Crippen LogP contribution in [-0.4, -0.2) is 35.4 Å². The maximum absolute atomic E-state index is 12.9. The van der Waals surface area contributed by atoms with Gasteiger partial charge in [-0.1, -0.05) is 26.7 Å². The lowest BCUT2D eigenvalue weighted by Gasteiger charge is -2.31. The molecule has 1 heterocycles. The first kappa shape index (κ1) is 14.8. The van der Waals surface area contributed by atoms with Crippen LogP contribution in [0.25, 0.3) is 0 Å². The van der Waals surface area contributed by atoms with E-state index in [4.69, 9.17) is 0 Å². The van der Waals surface area contributed by atoms with Crippen LogP contribution in [0.2, 0.25) is 0 Å². The number of carbonyl (C=O) groups is 1. The van der Waals surface area contributed by atoms with Gasteiger partial charge in [0, 0.05) is 25.8 Å². The van der Waals surface area contributed by atoms with Crippen molar-refractivity contribution in [2.45, 2.75) is 45.6 Å². The zero-order chi connectivity index (χ0) is 14.5. The monoisotopic (exact) mass is 275 g/mol. The van der Waals surface area contributed by atoms with Gasteiger partial charge in [0.25, 0.3) is 5.91 Å². The van der Waals surface area contributed by atoms with Gasteiger partial charge in [0.1, 0.15) is 5.82 Å². The Bertz CT molecular complexity index is 453.